The Kier molecular flexibility index (Phi) is 6.00. The molecular weight excluding hydrogens is 342 g/mol. The van der Waals surface area contributed by atoms with Crippen LogP contribution in [0.4, 0.5) is 0 Å². The molecule has 1 heterocycles. The van der Waals surface area contributed by atoms with Crippen LogP contribution in [0.3, 0.4) is 0 Å². The number of ketones is 1. The van der Waals surface area contributed by atoms with Gasteiger partial charge < -0.3 is 4.74 Å². The smallest absolute Gasteiger partial charge is 0.311 e. The number of nitrogens with zero attached hydrogens (tertiary/aromatic N) is 1. The van der Waals surface area contributed by atoms with Gasteiger partial charge >= 0.3 is 5.97 Å². The highest BCUT2D eigenvalue weighted by Gasteiger charge is 2.39. The highest BCUT2D eigenvalue weighted by molar-refractivity contribution is 7.89. The van der Waals surface area contributed by atoms with Crippen LogP contribution in [0.1, 0.15) is 52.0 Å². The van der Waals surface area contributed by atoms with E-state index < -0.39 is 21.8 Å². The van der Waals surface area contributed by atoms with E-state index in [2.05, 4.69) is 0 Å². The van der Waals surface area contributed by atoms with Gasteiger partial charge in [-0.1, -0.05) is 32.4 Å². The quantitative estimate of drug-likeness (QED) is 0.694. The summed E-state index contributed by atoms with van der Waals surface area (Å²) in [6, 6.07) is 6.29. The summed E-state index contributed by atoms with van der Waals surface area (Å²) in [6.07, 6.45) is 2.15. The monoisotopic (exact) mass is 365 g/mol. The molecule has 2 rings (SSSR count). The van der Waals surface area contributed by atoms with Crippen molar-refractivity contribution >= 4 is 27.5 Å². The van der Waals surface area contributed by atoms with Gasteiger partial charge in [-0.2, -0.15) is 0 Å². The normalized spacial score (nSPS) is 15.7. The van der Waals surface area contributed by atoms with Crippen LogP contribution in [0, 0.1) is 0 Å². The Bertz CT molecular complexity index is 811. The Morgan fingerprint density at radius 2 is 1.80 bits per heavy atom. The van der Waals surface area contributed by atoms with E-state index in [9.17, 15) is 18.0 Å². The summed E-state index contributed by atoms with van der Waals surface area (Å²) in [5.41, 5.74) is 0.182. The van der Waals surface area contributed by atoms with Crippen LogP contribution >= 0.6 is 0 Å². The zero-order valence-electron chi connectivity index (χ0n) is 14.7. The molecule has 0 radical (unpaired) electrons. The van der Waals surface area contributed by atoms with Gasteiger partial charge in [0.1, 0.15) is 5.70 Å². The molecule has 1 aromatic carbocycles. The molecule has 0 atom stereocenters. The fourth-order valence-electron chi connectivity index (χ4n) is 2.70. The van der Waals surface area contributed by atoms with Crippen molar-refractivity contribution in [2.75, 3.05) is 6.54 Å². The van der Waals surface area contributed by atoms with Crippen molar-refractivity contribution in [2.24, 2.45) is 0 Å². The number of Topliss-reactive ketones (excluding diaryl/α,β-unsaturated/α-hetero) is 1. The number of fused-ring (bicyclic) bond motifs is 1. The van der Waals surface area contributed by atoms with Gasteiger partial charge in [-0.15, -0.1) is 0 Å². The average molecular weight is 365 g/mol. The molecule has 0 N–H and O–H groups in total. The molecule has 0 saturated heterocycles. The van der Waals surface area contributed by atoms with E-state index in [1.165, 1.54) is 13.0 Å². The summed E-state index contributed by atoms with van der Waals surface area (Å²) in [6.45, 7) is 5.22. The number of esters is 1. The first-order valence-electron chi connectivity index (χ1n) is 8.42. The first kappa shape index (κ1) is 19.2. The Labute approximate surface area is 148 Å². The van der Waals surface area contributed by atoms with Crippen LogP contribution < -0.4 is 0 Å². The summed E-state index contributed by atoms with van der Waals surface area (Å²) in [5, 5.41) is 0. The summed E-state index contributed by atoms with van der Waals surface area (Å²) in [7, 11) is -3.87. The number of carbonyl (C=O) groups is 2. The second kappa shape index (κ2) is 7.82. The van der Waals surface area contributed by atoms with E-state index >= 15 is 0 Å². The first-order chi connectivity index (χ1) is 11.8. The maximum atomic E-state index is 13.0. The third-order valence-electron chi connectivity index (χ3n) is 3.88. The minimum Gasteiger partial charge on any atom is -0.423 e. The van der Waals surface area contributed by atoms with Gasteiger partial charge in [-0.05, 0) is 25.0 Å². The minimum atomic E-state index is -3.87. The number of allylic oxidation sites excluding steroid dienone is 1. The number of benzene rings is 1. The molecule has 1 aliphatic heterocycles. The second-order valence-corrected chi connectivity index (χ2v) is 7.72. The largest absolute Gasteiger partial charge is 0.423 e. The van der Waals surface area contributed by atoms with Gasteiger partial charge in [0, 0.05) is 25.5 Å². The molecule has 0 amide bonds. The molecule has 0 saturated carbocycles. The maximum absolute atomic E-state index is 13.0. The van der Waals surface area contributed by atoms with Crippen LogP contribution in [0.2, 0.25) is 0 Å². The van der Waals surface area contributed by atoms with E-state index in [0.29, 0.717) is 12.8 Å². The predicted octanol–water partition coefficient (Wildman–Crippen LogP) is 3.09. The van der Waals surface area contributed by atoms with Crippen molar-refractivity contribution in [3.63, 3.8) is 0 Å². The SMILES string of the molecule is CCCCN1C(C(C)=O)=C(OC(=O)CCC)c2ccccc2S1(=O)=O. The number of hydrogen-bond acceptors (Lipinski definition) is 5. The Morgan fingerprint density at radius 1 is 1.12 bits per heavy atom. The minimum absolute atomic E-state index is 0.0347. The average Bonchev–Trinajstić information content (AvgIpc) is 2.56. The number of rotatable bonds is 7. The van der Waals surface area contributed by atoms with Crippen molar-refractivity contribution in [3.05, 3.63) is 35.5 Å². The van der Waals surface area contributed by atoms with Gasteiger partial charge in [0.15, 0.2) is 11.5 Å². The van der Waals surface area contributed by atoms with Crippen LogP contribution in [0.25, 0.3) is 5.76 Å². The van der Waals surface area contributed by atoms with Crippen molar-refractivity contribution in [1.82, 2.24) is 4.31 Å². The molecule has 7 heteroatoms. The lowest BCUT2D eigenvalue weighted by atomic mass is 10.1. The van der Waals surface area contributed by atoms with E-state index in [1.807, 2.05) is 13.8 Å². The summed E-state index contributed by atoms with van der Waals surface area (Å²) < 4.78 is 32.5. The van der Waals surface area contributed by atoms with Crippen molar-refractivity contribution < 1.29 is 22.7 Å². The van der Waals surface area contributed by atoms with Crippen molar-refractivity contribution in [1.29, 1.82) is 0 Å². The Balaban J connectivity index is 2.69. The Morgan fingerprint density at radius 3 is 2.40 bits per heavy atom. The standard InChI is InChI=1S/C18H23NO5S/c1-4-6-12-19-17(13(3)20)18(24-16(21)9-5-2)14-10-7-8-11-15(14)25(19,22)23/h7-8,10-11H,4-6,9,12H2,1-3H3. The highest BCUT2D eigenvalue weighted by atomic mass is 32.2. The third kappa shape index (κ3) is 3.76. The third-order valence-corrected chi connectivity index (χ3v) is 5.74. The lowest BCUT2D eigenvalue weighted by Gasteiger charge is -2.32. The molecule has 6 nitrogen and oxygen atoms in total. The molecule has 0 unspecified atom stereocenters. The molecular formula is C18H23NO5S. The fourth-order valence-corrected chi connectivity index (χ4v) is 4.45. The molecule has 1 aliphatic rings. The van der Waals surface area contributed by atoms with Crippen LogP contribution in [-0.2, 0) is 24.3 Å². The van der Waals surface area contributed by atoms with Gasteiger partial charge in [0.25, 0.3) is 10.0 Å². The molecule has 0 aromatic heterocycles. The lowest BCUT2D eigenvalue weighted by Crippen LogP contribution is -2.38. The molecule has 25 heavy (non-hydrogen) atoms. The van der Waals surface area contributed by atoms with Gasteiger partial charge in [0.05, 0.1) is 4.90 Å². The number of carbonyl (C=O) groups excluding carboxylic acids is 2. The van der Waals surface area contributed by atoms with E-state index in [0.717, 1.165) is 10.7 Å². The lowest BCUT2D eigenvalue weighted by molar-refractivity contribution is -0.136. The molecule has 0 spiro atoms. The Hall–Kier alpha value is -2.15. The molecule has 0 aliphatic carbocycles. The number of hydrogen-bond donors (Lipinski definition) is 0. The van der Waals surface area contributed by atoms with E-state index in [-0.39, 0.29) is 34.9 Å². The van der Waals surface area contributed by atoms with Crippen molar-refractivity contribution in [2.45, 2.75) is 51.3 Å². The van der Waals surface area contributed by atoms with E-state index in [4.69, 9.17) is 4.74 Å². The summed E-state index contributed by atoms with van der Waals surface area (Å²) >= 11 is 0. The predicted molar refractivity (Wildman–Crippen MR) is 93.8 cm³/mol. The number of unbranched alkanes of at least 4 members (excludes halogenated alkanes) is 1. The first-order valence-corrected chi connectivity index (χ1v) is 9.86. The fraction of sp³-hybridized carbons (Fsp3) is 0.444. The molecule has 0 fully saturated rings. The van der Waals surface area contributed by atoms with Crippen LogP contribution in [0.5, 0.6) is 0 Å². The van der Waals surface area contributed by atoms with Crippen LogP contribution in [-0.4, -0.2) is 31.0 Å². The van der Waals surface area contributed by atoms with Crippen molar-refractivity contribution in [3.8, 4) is 0 Å². The molecule has 1 aromatic rings. The zero-order valence-corrected chi connectivity index (χ0v) is 15.6. The highest BCUT2D eigenvalue weighted by Crippen LogP contribution is 2.38. The second-order valence-electron chi connectivity index (χ2n) is 5.88. The van der Waals surface area contributed by atoms with E-state index in [1.54, 1.807) is 18.2 Å². The number of ether oxygens (including phenoxy) is 1. The maximum Gasteiger partial charge on any atom is 0.311 e. The van der Waals surface area contributed by atoms with Gasteiger partial charge in [0.2, 0.25) is 0 Å². The number of sulfonamides is 1. The summed E-state index contributed by atoms with van der Waals surface area (Å²) in [4.78, 5) is 24.4. The summed E-state index contributed by atoms with van der Waals surface area (Å²) in [5.74, 6) is -0.901. The molecule has 136 valence electrons. The van der Waals surface area contributed by atoms with Crippen LogP contribution in [0.15, 0.2) is 34.9 Å². The molecule has 0 bridgehead atoms. The van der Waals surface area contributed by atoms with Gasteiger partial charge in [-0.3, -0.25) is 13.9 Å². The van der Waals surface area contributed by atoms with Gasteiger partial charge in [-0.25, -0.2) is 8.42 Å². The zero-order chi connectivity index (χ0) is 18.6. The topological polar surface area (TPSA) is 80.8 Å².